The molecule has 0 fully saturated rings. The Labute approximate surface area is 282 Å². The maximum Gasteiger partial charge on any atom is 0.255 e. The van der Waals surface area contributed by atoms with Gasteiger partial charge in [-0.2, -0.15) is 0 Å². The van der Waals surface area contributed by atoms with Gasteiger partial charge in [-0.3, -0.25) is 10.0 Å². The molecule has 4 aromatic carbocycles. The van der Waals surface area contributed by atoms with Gasteiger partial charge in [-0.15, -0.1) is 0 Å². The lowest BCUT2D eigenvalue weighted by Crippen LogP contribution is -2.23. The number of anilines is 1. The minimum Gasteiger partial charge on any atom is -0.321 e. The molecule has 0 saturated heterocycles. The van der Waals surface area contributed by atoms with Gasteiger partial charge < -0.3 is 10.5 Å². The molecule has 47 heavy (non-hydrogen) atoms. The van der Waals surface area contributed by atoms with Gasteiger partial charge in [0.2, 0.25) is 0 Å². The van der Waals surface area contributed by atoms with Crippen LogP contribution in [0, 0.1) is 0 Å². The molecule has 0 aliphatic rings. The average Bonchev–Trinajstić information content (AvgIpc) is 3.04. The van der Waals surface area contributed by atoms with Crippen molar-refractivity contribution < 1.29 is 15.2 Å². The van der Waals surface area contributed by atoms with E-state index in [1.165, 1.54) is 29.3 Å². The predicted molar refractivity (Wildman–Crippen MR) is 197 cm³/mol. The standard InChI is InChI=1S/C20H26N2O.C19H23NO.CH5NO/c1-14(2)17-12-9-13-18(15(3)4)19(17)21-20(22(5)23)16-10-7-6-8-11-16;1-13(2)16-11-8-12-17(14(3)4)18(16)20-19(21)15-9-6-5-7-10-15;1-2-3/h6-15,23H,1-5H3;5-14H,1-4H3,(H,20,21);2-3H,1H3. The number of benzene rings is 4. The molecule has 0 saturated carbocycles. The van der Waals surface area contributed by atoms with E-state index in [4.69, 9.17) is 10.2 Å². The molecule has 0 heterocycles. The van der Waals surface area contributed by atoms with Crippen molar-refractivity contribution in [2.24, 2.45) is 4.99 Å². The molecule has 7 nitrogen and oxygen atoms in total. The zero-order valence-electron chi connectivity index (χ0n) is 29.7. The monoisotopic (exact) mass is 638 g/mol. The Morgan fingerprint density at radius 3 is 1.34 bits per heavy atom. The number of hydrogen-bond acceptors (Lipinski definition) is 5. The molecule has 0 atom stereocenters. The predicted octanol–water partition coefficient (Wildman–Crippen LogP) is 10.1. The molecule has 252 valence electrons. The first-order valence-corrected chi connectivity index (χ1v) is 16.3. The lowest BCUT2D eigenvalue weighted by Gasteiger charge is -2.20. The van der Waals surface area contributed by atoms with Gasteiger partial charge in [0.1, 0.15) is 0 Å². The highest BCUT2D eigenvalue weighted by molar-refractivity contribution is 6.05. The van der Waals surface area contributed by atoms with Gasteiger partial charge in [-0.05, 0) is 58.1 Å². The number of amides is 1. The average molecular weight is 639 g/mol. The van der Waals surface area contributed by atoms with E-state index in [1.807, 2.05) is 60.7 Å². The second kappa shape index (κ2) is 19.4. The summed E-state index contributed by atoms with van der Waals surface area (Å²) >= 11 is 0. The molecule has 0 aliphatic carbocycles. The first-order chi connectivity index (χ1) is 22.3. The summed E-state index contributed by atoms with van der Waals surface area (Å²) in [6, 6.07) is 31.7. The third kappa shape index (κ3) is 11.5. The summed E-state index contributed by atoms with van der Waals surface area (Å²) in [5, 5.41) is 21.6. The van der Waals surface area contributed by atoms with Crippen molar-refractivity contribution in [1.29, 1.82) is 0 Å². The van der Waals surface area contributed by atoms with E-state index in [-0.39, 0.29) is 5.91 Å². The van der Waals surface area contributed by atoms with E-state index in [0.29, 0.717) is 35.1 Å². The summed E-state index contributed by atoms with van der Waals surface area (Å²) in [6.45, 7) is 17.3. The van der Waals surface area contributed by atoms with E-state index >= 15 is 0 Å². The van der Waals surface area contributed by atoms with Crippen LogP contribution in [0.5, 0.6) is 0 Å². The van der Waals surface area contributed by atoms with Crippen LogP contribution in [-0.2, 0) is 0 Å². The molecule has 0 aliphatic heterocycles. The van der Waals surface area contributed by atoms with Crippen LogP contribution in [0.3, 0.4) is 0 Å². The zero-order chi connectivity index (χ0) is 35.1. The Hall–Kier alpha value is -4.30. The van der Waals surface area contributed by atoms with E-state index < -0.39 is 0 Å². The third-order valence-corrected chi connectivity index (χ3v) is 7.55. The lowest BCUT2D eigenvalue weighted by molar-refractivity contribution is 0.0143. The molecule has 0 bridgehead atoms. The summed E-state index contributed by atoms with van der Waals surface area (Å²) in [5.74, 6) is 1.98. The van der Waals surface area contributed by atoms with E-state index in [1.54, 1.807) is 12.5 Å². The molecular formula is C40H54N4O3. The zero-order valence-corrected chi connectivity index (χ0v) is 29.7. The highest BCUT2D eigenvalue weighted by Crippen LogP contribution is 2.35. The summed E-state index contributed by atoms with van der Waals surface area (Å²) in [6.07, 6.45) is 0. The van der Waals surface area contributed by atoms with Crippen LogP contribution in [0.1, 0.15) is 117 Å². The molecular weight excluding hydrogens is 584 g/mol. The van der Waals surface area contributed by atoms with Crippen molar-refractivity contribution in [2.45, 2.75) is 79.1 Å². The smallest absolute Gasteiger partial charge is 0.255 e. The minimum atomic E-state index is -0.0504. The number of carbonyl (C=O) groups excluding carboxylic acids is 1. The third-order valence-electron chi connectivity index (χ3n) is 7.55. The highest BCUT2D eigenvalue weighted by atomic mass is 16.5. The van der Waals surface area contributed by atoms with Crippen LogP contribution in [0.4, 0.5) is 11.4 Å². The van der Waals surface area contributed by atoms with Crippen molar-refractivity contribution in [3.8, 4) is 0 Å². The number of nitrogens with zero attached hydrogens (tertiary/aromatic N) is 2. The van der Waals surface area contributed by atoms with Gasteiger partial charge in [-0.25, -0.2) is 15.5 Å². The molecule has 4 aromatic rings. The van der Waals surface area contributed by atoms with Crippen LogP contribution in [0.2, 0.25) is 0 Å². The Balaban J connectivity index is 0.000000303. The van der Waals surface area contributed by atoms with Crippen LogP contribution in [0.25, 0.3) is 0 Å². The van der Waals surface area contributed by atoms with Gasteiger partial charge in [-0.1, -0.05) is 140 Å². The van der Waals surface area contributed by atoms with Crippen LogP contribution in [-0.4, -0.2) is 41.3 Å². The molecule has 0 unspecified atom stereocenters. The Kier molecular flexibility index (Phi) is 16.0. The minimum absolute atomic E-state index is 0.0504. The second-order valence-electron chi connectivity index (χ2n) is 12.6. The number of hydrogen-bond donors (Lipinski definition) is 4. The normalized spacial score (nSPS) is 11.2. The molecule has 0 spiro atoms. The van der Waals surface area contributed by atoms with Crippen LogP contribution >= 0.6 is 0 Å². The maximum absolute atomic E-state index is 12.5. The Morgan fingerprint density at radius 2 is 0.979 bits per heavy atom. The number of rotatable bonds is 8. The maximum atomic E-state index is 12.5. The van der Waals surface area contributed by atoms with E-state index in [9.17, 15) is 10.0 Å². The molecule has 7 heteroatoms. The van der Waals surface area contributed by atoms with E-state index in [2.05, 4.69) is 97.1 Å². The van der Waals surface area contributed by atoms with Crippen molar-refractivity contribution in [2.75, 3.05) is 19.4 Å². The van der Waals surface area contributed by atoms with Crippen LogP contribution in [0.15, 0.2) is 102 Å². The fourth-order valence-corrected chi connectivity index (χ4v) is 5.13. The van der Waals surface area contributed by atoms with Crippen molar-refractivity contribution in [3.05, 3.63) is 130 Å². The lowest BCUT2D eigenvalue weighted by atomic mass is 9.92. The fraction of sp³-hybridized carbons (Fsp3) is 0.350. The number of hydroxylamine groups is 3. The molecule has 4 rings (SSSR count). The van der Waals surface area contributed by atoms with Gasteiger partial charge in [0, 0.05) is 30.9 Å². The first-order valence-electron chi connectivity index (χ1n) is 16.3. The molecule has 1 amide bonds. The topological polar surface area (TPSA) is 97.2 Å². The van der Waals surface area contributed by atoms with Crippen molar-refractivity contribution >= 4 is 23.1 Å². The Morgan fingerprint density at radius 1 is 0.617 bits per heavy atom. The van der Waals surface area contributed by atoms with E-state index in [0.717, 1.165) is 22.0 Å². The number of aliphatic imine (C=N–C) groups is 1. The summed E-state index contributed by atoms with van der Waals surface area (Å²) < 4.78 is 0. The summed E-state index contributed by atoms with van der Waals surface area (Å²) in [4.78, 5) is 17.3. The SMILES string of the molecule is CC(C)c1cccc(C(C)C)c1N=C(c1ccccc1)N(C)O.CC(C)c1cccc(C(C)C)c1NC(=O)c1ccccc1.CNO. The summed E-state index contributed by atoms with van der Waals surface area (Å²) in [7, 11) is 3.04. The van der Waals surface area contributed by atoms with Crippen LogP contribution < -0.4 is 10.8 Å². The quantitative estimate of drug-likeness (QED) is 0.0875. The fourth-order valence-electron chi connectivity index (χ4n) is 5.13. The van der Waals surface area contributed by atoms with Gasteiger partial charge in [0.25, 0.3) is 5.91 Å². The van der Waals surface area contributed by atoms with Gasteiger partial charge in [0.05, 0.1) is 5.69 Å². The summed E-state index contributed by atoms with van der Waals surface area (Å²) in [5.41, 5.74) is 10.0. The largest absolute Gasteiger partial charge is 0.321 e. The highest BCUT2D eigenvalue weighted by Gasteiger charge is 2.17. The molecule has 0 aromatic heterocycles. The molecule has 4 N–H and O–H groups in total. The molecule has 0 radical (unpaired) electrons. The van der Waals surface area contributed by atoms with Crippen molar-refractivity contribution in [3.63, 3.8) is 0 Å². The van der Waals surface area contributed by atoms with Gasteiger partial charge >= 0.3 is 0 Å². The van der Waals surface area contributed by atoms with Crippen molar-refractivity contribution in [1.82, 2.24) is 10.5 Å². The first kappa shape index (κ1) is 38.9. The number of amidine groups is 1. The number of para-hydroxylation sites is 2. The Bertz CT molecular complexity index is 1490. The van der Waals surface area contributed by atoms with Gasteiger partial charge in [0.15, 0.2) is 5.84 Å². The second-order valence-corrected chi connectivity index (χ2v) is 12.6. The number of carbonyl (C=O) groups is 1. The number of nitrogens with one attached hydrogen (secondary N) is 2.